The Bertz CT molecular complexity index is 816. The quantitative estimate of drug-likeness (QED) is 0.903. The summed E-state index contributed by atoms with van der Waals surface area (Å²) >= 11 is 0. The first kappa shape index (κ1) is 17.3. The highest BCUT2D eigenvalue weighted by molar-refractivity contribution is 5.92. The molecule has 3 unspecified atom stereocenters. The average molecular weight is 348 g/mol. The zero-order chi connectivity index (χ0) is 18.3. The molecular weight excluding hydrogens is 320 g/mol. The van der Waals surface area contributed by atoms with Crippen molar-refractivity contribution in [1.29, 1.82) is 0 Å². The Morgan fingerprint density at radius 2 is 2.00 bits per heavy atom. The minimum atomic E-state index is 0.0849. The van der Waals surface area contributed by atoms with Crippen molar-refractivity contribution in [2.45, 2.75) is 45.1 Å². The van der Waals surface area contributed by atoms with Crippen LogP contribution in [0.1, 0.15) is 37.0 Å². The van der Waals surface area contributed by atoms with Gasteiger partial charge in [0.15, 0.2) is 0 Å². The molecule has 2 aromatic carbocycles. The molecule has 1 aliphatic carbocycles. The molecule has 26 heavy (non-hydrogen) atoms. The summed E-state index contributed by atoms with van der Waals surface area (Å²) in [7, 11) is 0. The number of amides is 1. The summed E-state index contributed by atoms with van der Waals surface area (Å²) in [5, 5.41) is 3.03. The highest BCUT2D eigenvalue weighted by Gasteiger charge is 2.47. The summed E-state index contributed by atoms with van der Waals surface area (Å²) in [6.45, 7) is 8.40. The van der Waals surface area contributed by atoms with E-state index in [1.54, 1.807) is 0 Å². The maximum atomic E-state index is 12.6. The van der Waals surface area contributed by atoms with Crippen LogP contribution in [0, 0.1) is 12.8 Å². The molecular formula is C23H28N2O. The van der Waals surface area contributed by atoms with Gasteiger partial charge in [0.1, 0.15) is 0 Å². The van der Waals surface area contributed by atoms with Crippen molar-refractivity contribution < 1.29 is 4.79 Å². The number of likely N-dealkylation sites (tertiary alicyclic amines) is 1. The Balaban J connectivity index is 1.53. The number of fused-ring (bicyclic) bond motifs is 4. The van der Waals surface area contributed by atoms with Crippen molar-refractivity contribution in [2.75, 3.05) is 18.4 Å². The van der Waals surface area contributed by atoms with E-state index in [2.05, 4.69) is 49.2 Å². The Morgan fingerprint density at radius 1 is 1.23 bits per heavy atom. The normalized spacial score (nSPS) is 27.7. The molecule has 3 heteroatoms. The van der Waals surface area contributed by atoms with Crippen LogP contribution < -0.4 is 5.32 Å². The van der Waals surface area contributed by atoms with E-state index < -0.39 is 0 Å². The minimum Gasteiger partial charge on any atom is -0.325 e. The first-order chi connectivity index (χ1) is 12.5. The molecule has 1 N–H and O–H groups in total. The summed E-state index contributed by atoms with van der Waals surface area (Å²) in [4.78, 5) is 15.0. The van der Waals surface area contributed by atoms with Crippen LogP contribution in [-0.4, -0.2) is 29.9 Å². The van der Waals surface area contributed by atoms with Gasteiger partial charge in [0, 0.05) is 18.3 Å². The van der Waals surface area contributed by atoms with Crippen molar-refractivity contribution in [3.63, 3.8) is 0 Å². The van der Waals surface area contributed by atoms with Gasteiger partial charge < -0.3 is 5.32 Å². The second-order valence-corrected chi connectivity index (χ2v) is 8.38. The van der Waals surface area contributed by atoms with E-state index in [4.69, 9.17) is 0 Å². The second kappa shape index (κ2) is 6.55. The number of anilines is 1. The molecule has 2 aromatic rings. The molecule has 1 amide bonds. The van der Waals surface area contributed by atoms with Crippen molar-refractivity contribution in [3.8, 4) is 0 Å². The van der Waals surface area contributed by atoms with Gasteiger partial charge in [-0.3, -0.25) is 9.69 Å². The molecule has 1 heterocycles. The Labute approximate surface area is 156 Å². The smallest absolute Gasteiger partial charge is 0.238 e. The van der Waals surface area contributed by atoms with Gasteiger partial charge in [-0.2, -0.15) is 0 Å². The highest BCUT2D eigenvalue weighted by atomic mass is 16.2. The Hall–Kier alpha value is -2.13. The maximum absolute atomic E-state index is 12.6. The van der Waals surface area contributed by atoms with Crippen molar-refractivity contribution >= 4 is 11.6 Å². The van der Waals surface area contributed by atoms with Gasteiger partial charge in [-0.25, -0.2) is 0 Å². The first-order valence-corrected chi connectivity index (χ1v) is 9.64. The number of benzene rings is 2. The number of nitrogens with one attached hydrogen (secondary N) is 1. The van der Waals surface area contributed by atoms with Gasteiger partial charge in [0.05, 0.1) is 6.54 Å². The Morgan fingerprint density at radius 3 is 2.77 bits per heavy atom. The molecule has 0 aromatic heterocycles. The number of hydrogen-bond donors (Lipinski definition) is 1. The molecule has 3 atom stereocenters. The van der Waals surface area contributed by atoms with E-state index in [0.29, 0.717) is 18.5 Å². The molecule has 136 valence electrons. The first-order valence-electron chi connectivity index (χ1n) is 9.64. The van der Waals surface area contributed by atoms with Gasteiger partial charge in [0.2, 0.25) is 5.91 Å². The number of carbonyl (C=O) groups excluding carboxylic acids is 1. The zero-order valence-electron chi connectivity index (χ0n) is 16.0. The summed E-state index contributed by atoms with van der Waals surface area (Å²) < 4.78 is 0. The highest BCUT2D eigenvalue weighted by Crippen LogP contribution is 2.47. The van der Waals surface area contributed by atoms with Crippen molar-refractivity contribution in [1.82, 2.24) is 4.90 Å². The molecule has 3 nitrogen and oxygen atoms in total. The molecule has 0 spiro atoms. The predicted molar refractivity (Wildman–Crippen MR) is 106 cm³/mol. The van der Waals surface area contributed by atoms with Gasteiger partial charge in [0.25, 0.3) is 0 Å². The van der Waals surface area contributed by atoms with Crippen molar-refractivity contribution in [2.24, 2.45) is 5.92 Å². The molecule has 0 saturated carbocycles. The number of para-hydroxylation sites is 1. The summed E-state index contributed by atoms with van der Waals surface area (Å²) in [6, 6.07) is 17.1. The van der Waals surface area contributed by atoms with Crippen LogP contribution >= 0.6 is 0 Å². The summed E-state index contributed by atoms with van der Waals surface area (Å²) in [5.74, 6) is 0.617. The number of aryl methyl sites for hydroxylation is 1. The minimum absolute atomic E-state index is 0.0849. The second-order valence-electron chi connectivity index (χ2n) is 8.38. The van der Waals surface area contributed by atoms with Crippen LogP contribution in [0.3, 0.4) is 0 Å². The van der Waals surface area contributed by atoms with E-state index >= 15 is 0 Å². The van der Waals surface area contributed by atoms with Crippen LogP contribution in [0.2, 0.25) is 0 Å². The number of piperidine rings is 1. The summed E-state index contributed by atoms with van der Waals surface area (Å²) in [6.07, 6.45) is 2.19. The van der Waals surface area contributed by atoms with Crippen LogP contribution in [-0.2, 0) is 16.6 Å². The molecule has 2 aliphatic rings. The van der Waals surface area contributed by atoms with Gasteiger partial charge >= 0.3 is 0 Å². The lowest BCUT2D eigenvalue weighted by atomic mass is 9.60. The van der Waals surface area contributed by atoms with Gasteiger partial charge in [-0.15, -0.1) is 0 Å². The van der Waals surface area contributed by atoms with E-state index in [1.807, 2.05) is 30.3 Å². The van der Waals surface area contributed by atoms with Crippen LogP contribution in [0.4, 0.5) is 5.69 Å². The van der Waals surface area contributed by atoms with Crippen LogP contribution in [0.15, 0.2) is 48.5 Å². The average Bonchev–Trinajstić information content (AvgIpc) is 2.61. The number of carbonyl (C=O) groups is 1. The maximum Gasteiger partial charge on any atom is 0.238 e. The third-order valence-electron chi connectivity index (χ3n) is 6.51. The fourth-order valence-electron chi connectivity index (χ4n) is 4.85. The van der Waals surface area contributed by atoms with Gasteiger partial charge in [-0.05, 0) is 54.4 Å². The fourth-order valence-corrected chi connectivity index (χ4v) is 4.85. The SMILES string of the molecule is Cc1ccc2c(c1)C1(C)CC(C2)N(CC(=O)Nc2ccccc2)CC1C. The molecule has 1 aliphatic heterocycles. The van der Waals surface area contributed by atoms with E-state index in [0.717, 1.165) is 25.1 Å². The molecule has 2 bridgehead atoms. The van der Waals surface area contributed by atoms with Crippen LogP contribution in [0.5, 0.6) is 0 Å². The summed E-state index contributed by atoms with van der Waals surface area (Å²) in [5.41, 5.74) is 5.44. The van der Waals surface area contributed by atoms with E-state index in [1.165, 1.54) is 16.7 Å². The molecule has 4 rings (SSSR count). The molecule has 1 fully saturated rings. The zero-order valence-corrected chi connectivity index (χ0v) is 16.0. The number of hydrogen-bond acceptors (Lipinski definition) is 2. The lowest BCUT2D eigenvalue weighted by molar-refractivity contribution is -0.119. The fraction of sp³-hybridized carbons (Fsp3) is 0.435. The van der Waals surface area contributed by atoms with Gasteiger partial charge in [-0.1, -0.05) is 55.8 Å². The lowest BCUT2D eigenvalue weighted by Crippen LogP contribution is -2.57. The van der Waals surface area contributed by atoms with E-state index in [9.17, 15) is 4.79 Å². The van der Waals surface area contributed by atoms with Crippen LogP contribution in [0.25, 0.3) is 0 Å². The molecule has 1 saturated heterocycles. The third kappa shape index (κ3) is 3.05. The largest absolute Gasteiger partial charge is 0.325 e. The Kier molecular flexibility index (Phi) is 4.36. The van der Waals surface area contributed by atoms with E-state index in [-0.39, 0.29) is 11.3 Å². The third-order valence-corrected chi connectivity index (χ3v) is 6.51. The van der Waals surface area contributed by atoms with Crippen molar-refractivity contribution in [3.05, 3.63) is 65.2 Å². The predicted octanol–water partition coefficient (Wildman–Crippen LogP) is 4.16. The monoisotopic (exact) mass is 348 g/mol. The standard InChI is InChI=1S/C23H28N2O/c1-16-9-10-18-12-20-13-23(3,21(18)11-16)17(2)14-25(20)15-22(26)24-19-7-5-4-6-8-19/h4-11,17,20H,12-15H2,1-3H3,(H,24,26). The number of nitrogens with zero attached hydrogens (tertiary/aromatic N) is 1. The number of rotatable bonds is 3. The topological polar surface area (TPSA) is 32.3 Å². The lowest BCUT2D eigenvalue weighted by Gasteiger charge is -2.53. The molecule has 0 radical (unpaired) electrons.